The zero-order chi connectivity index (χ0) is 22.0. The monoisotopic (exact) mass is 448 g/mol. The fourth-order valence-electron chi connectivity index (χ4n) is 3.36. The van der Waals surface area contributed by atoms with Gasteiger partial charge in [0.1, 0.15) is 15.8 Å². The average Bonchev–Trinajstić information content (AvgIpc) is 3.07. The summed E-state index contributed by atoms with van der Waals surface area (Å²) in [5.74, 6) is 0.177. The van der Waals surface area contributed by atoms with E-state index in [1.807, 2.05) is 43.3 Å². The van der Waals surface area contributed by atoms with Gasteiger partial charge in [0.2, 0.25) is 0 Å². The van der Waals surface area contributed by atoms with E-state index in [9.17, 15) is 9.59 Å². The van der Waals surface area contributed by atoms with Gasteiger partial charge in [0, 0.05) is 12.7 Å². The normalized spacial score (nSPS) is 16.2. The lowest BCUT2D eigenvalue weighted by Crippen LogP contribution is -2.31. The maximum absolute atomic E-state index is 13.2. The topological polar surface area (TPSA) is 66.7 Å². The van der Waals surface area contributed by atoms with E-state index in [-0.39, 0.29) is 17.5 Å². The van der Waals surface area contributed by atoms with Crippen LogP contribution in [0.15, 0.2) is 77.1 Å². The molecule has 1 amide bonds. The highest BCUT2D eigenvalue weighted by Crippen LogP contribution is 2.38. The molecule has 1 unspecified atom stereocenters. The van der Waals surface area contributed by atoms with Gasteiger partial charge in [-0.2, -0.15) is 0 Å². The van der Waals surface area contributed by atoms with Gasteiger partial charge in [0.05, 0.1) is 16.5 Å². The van der Waals surface area contributed by atoms with Crippen LogP contribution in [0.2, 0.25) is 0 Å². The quantitative estimate of drug-likeness (QED) is 0.345. The Morgan fingerprint density at radius 1 is 1.19 bits per heavy atom. The van der Waals surface area contributed by atoms with Crippen molar-refractivity contribution in [3.63, 3.8) is 0 Å². The molecule has 1 fully saturated rings. The Bertz CT molecular complexity index is 1270. The van der Waals surface area contributed by atoms with Gasteiger partial charge in [0.25, 0.3) is 11.5 Å². The summed E-state index contributed by atoms with van der Waals surface area (Å²) in [6, 6.07) is 14.8. The number of aromatic nitrogens is 2. The highest BCUT2D eigenvalue weighted by molar-refractivity contribution is 8.26. The number of carbonyl (C=O) groups is 1. The molecule has 3 heterocycles. The van der Waals surface area contributed by atoms with Gasteiger partial charge in [-0.05, 0) is 30.7 Å². The van der Waals surface area contributed by atoms with Gasteiger partial charge < -0.3 is 5.32 Å². The number of anilines is 1. The Labute approximate surface area is 189 Å². The van der Waals surface area contributed by atoms with E-state index in [1.54, 1.807) is 35.4 Å². The molecule has 0 saturated carbocycles. The zero-order valence-electron chi connectivity index (χ0n) is 16.8. The zero-order valence-corrected chi connectivity index (χ0v) is 18.5. The van der Waals surface area contributed by atoms with E-state index >= 15 is 0 Å². The van der Waals surface area contributed by atoms with Crippen LogP contribution in [0.1, 0.15) is 24.1 Å². The third kappa shape index (κ3) is 4.04. The third-order valence-corrected chi connectivity index (χ3v) is 6.28. The number of thioether (sulfide) groups is 1. The second-order valence-electron chi connectivity index (χ2n) is 6.92. The van der Waals surface area contributed by atoms with E-state index in [0.29, 0.717) is 32.8 Å². The summed E-state index contributed by atoms with van der Waals surface area (Å²) in [7, 11) is 0. The van der Waals surface area contributed by atoms with Crippen molar-refractivity contribution in [3.05, 3.63) is 93.8 Å². The van der Waals surface area contributed by atoms with Crippen LogP contribution < -0.4 is 10.9 Å². The summed E-state index contributed by atoms with van der Waals surface area (Å²) in [6.45, 7) is 6.07. The number of fused-ring (bicyclic) bond motifs is 1. The maximum Gasteiger partial charge on any atom is 0.267 e. The van der Waals surface area contributed by atoms with Crippen molar-refractivity contribution >= 4 is 51.7 Å². The molecule has 1 saturated heterocycles. The molecule has 1 aliphatic rings. The standard InChI is InChI=1S/C23H20N4O2S2/c1-3-12-24-20-17(21(28)26-13-8-7-11-19(26)25-20)14-18-22(29)27(23(30)31-18)15(2)16-9-5-4-6-10-16/h3-11,13-15,24H,1,12H2,2H3/b18-14-. The first-order chi connectivity index (χ1) is 15.0. The lowest BCUT2D eigenvalue weighted by molar-refractivity contribution is -0.123. The van der Waals surface area contributed by atoms with Crippen LogP contribution in [0.4, 0.5) is 5.82 Å². The number of benzene rings is 1. The summed E-state index contributed by atoms with van der Waals surface area (Å²) in [4.78, 5) is 32.9. The number of rotatable bonds is 6. The first-order valence-electron chi connectivity index (χ1n) is 9.69. The average molecular weight is 449 g/mol. The lowest BCUT2D eigenvalue weighted by atomic mass is 10.1. The van der Waals surface area contributed by atoms with Crippen molar-refractivity contribution in [2.24, 2.45) is 0 Å². The van der Waals surface area contributed by atoms with Crippen molar-refractivity contribution in [1.29, 1.82) is 0 Å². The molecule has 0 bridgehead atoms. The first-order valence-corrected chi connectivity index (χ1v) is 10.9. The molecule has 31 heavy (non-hydrogen) atoms. The van der Waals surface area contributed by atoms with Gasteiger partial charge in [-0.3, -0.25) is 18.9 Å². The molecule has 2 aromatic heterocycles. The fourth-order valence-corrected chi connectivity index (χ4v) is 4.76. The number of hydrogen-bond acceptors (Lipinski definition) is 6. The van der Waals surface area contributed by atoms with Crippen LogP contribution >= 0.6 is 24.0 Å². The number of pyridine rings is 1. The summed E-state index contributed by atoms with van der Waals surface area (Å²) in [5, 5.41) is 3.10. The van der Waals surface area contributed by atoms with E-state index in [2.05, 4.69) is 16.9 Å². The van der Waals surface area contributed by atoms with Crippen LogP contribution in [0.5, 0.6) is 0 Å². The molecule has 0 aliphatic carbocycles. The van der Waals surface area contributed by atoms with Gasteiger partial charge >= 0.3 is 0 Å². The molecular weight excluding hydrogens is 428 g/mol. The van der Waals surface area contributed by atoms with Crippen molar-refractivity contribution in [2.75, 3.05) is 11.9 Å². The minimum absolute atomic E-state index is 0.214. The number of carbonyl (C=O) groups excluding carboxylic acids is 1. The number of thiocarbonyl (C=S) groups is 1. The van der Waals surface area contributed by atoms with E-state index < -0.39 is 0 Å². The van der Waals surface area contributed by atoms with E-state index in [1.165, 1.54) is 16.2 Å². The Hall–Kier alpha value is -3.23. The fraction of sp³-hybridized carbons (Fsp3) is 0.130. The molecule has 1 N–H and O–H groups in total. The van der Waals surface area contributed by atoms with Gasteiger partial charge in [-0.1, -0.05) is 66.5 Å². The number of nitrogens with zero attached hydrogens (tertiary/aromatic N) is 3. The van der Waals surface area contributed by atoms with Gasteiger partial charge in [0.15, 0.2) is 0 Å². The molecule has 1 atom stereocenters. The predicted octanol–water partition coefficient (Wildman–Crippen LogP) is 4.25. The molecule has 3 aromatic rings. The maximum atomic E-state index is 13.2. The van der Waals surface area contributed by atoms with Crippen LogP contribution in [0.3, 0.4) is 0 Å². The molecule has 6 nitrogen and oxygen atoms in total. The molecule has 0 radical (unpaired) electrons. The molecule has 8 heteroatoms. The molecule has 1 aromatic carbocycles. The Kier molecular flexibility index (Phi) is 6.01. The number of amides is 1. The van der Waals surface area contributed by atoms with Crippen LogP contribution in [-0.4, -0.2) is 31.1 Å². The van der Waals surface area contributed by atoms with E-state index in [0.717, 1.165) is 5.56 Å². The van der Waals surface area contributed by atoms with Crippen molar-refractivity contribution in [3.8, 4) is 0 Å². The summed E-state index contributed by atoms with van der Waals surface area (Å²) < 4.78 is 1.92. The Balaban J connectivity index is 1.77. The molecule has 1 aliphatic heterocycles. The second-order valence-corrected chi connectivity index (χ2v) is 8.59. The second kappa shape index (κ2) is 8.87. The number of hydrogen-bond donors (Lipinski definition) is 1. The van der Waals surface area contributed by atoms with Crippen LogP contribution in [0.25, 0.3) is 11.7 Å². The first kappa shape index (κ1) is 21.0. The Morgan fingerprint density at radius 3 is 2.68 bits per heavy atom. The highest BCUT2D eigenvalue weighted by atomic mass is 32.2. The predicted molar refractivity (Wildman–Crippen MR) is 130 cm³/mol. The van der Waals surface area contributed by atoms with Crippen molar-refractivity contribution in [2.45, 2.75) is 13.0 Å². The highest BCUT2D eigenvalue weighted by Gasteiger charge is 2.36. The minimum Gasteiger partial charge on any atom is -0.366 e. The summed E-state index contributed by atoms with van der Waals surface area (Å²) in [6.07, 6.45) is 4.92. The summed E-state index contributed by atoms with van der Waals surface area (Å²) in [5.41, 5.74) is 1.54. The molecule has 0 spiro atoms. The third-order valence-electron chi connectivity index (χ3n) is 4.95. The van der Waals surface area contributed by atoms with Crippen molar-refractivity contribution in [1.82, 2.24) is 14.3 Å². The van der Waals surface area contributed by atoms with Gasteiger partial charge in [-0.15, -0.1) is 6.58 Å². The smallest absolute Gasteiger partial charge is 0.267 e. The van der Waals surface area contributed by atoms with Crippen LogP contribution in [-0.2, 0) is 4.79 Å². The Morgan fingerprint density at radius 2 is 1.94 bits per heavy atom. The number of nitrogens with one attached hydrogen (secondary N) is 1. The molecule has 156 valence electrons. The SMILES string of the molecule is C=CCNc1nc2ccccn2c(=O)c1/C=C1\SC(=S)N(C(C)c2ccccc2)C1=O. The largest absolute Gasteiger partial charge is 0.366 e. The van der Waals surface area contributed by atoms with Gasteiger partial charge in [-0.25, -0.2) is 4.98 Å². The lowest BCUT2D eigenvalue weighted by Gasteiger charge is -2.23. The molecule has 4 rings (SSSR count). The molecular formula is C23H20N4O2S2. The van der Waals surface area contributed by atoms with Crippen molar-refractivity contribution < 1.29 is 4.79 Å². The summed E-state index contributed by atoms with van der Waals surface area (Å²) >= 11 is 6.69. The minimum atomic E-state index is -0.265. The van der Waals surface area contributed by atoms with Crippen LogP contribution in [0, 0.1) is 0 Å². The van der Waals surface area contributed by atoms with E-state index in [4.69, 9.17) is 12.2 Å².